The van der Waals surface area contributed by atoms with Crippen molar-refractivity contribution in [2.24, 2.45) is 15.3 Å². The van der Waals surface area contributed by atoms with Crippen molar-refractivity contribution in [1.29, 1.82) is 0 Å². The van der Waals surface area contributed by atoms with Crippen LogP contribution in [-0.2, 0) is 37.3 Å². The topological polar surface area (TPSA) is 262 Å². The number of carbonyl (C=O) groups is 1. The fourth-order valence-corrected chi connectivity index (χ4v) is 4.94. The van der Waals surface area contributed by atoms with E-state index in [0.717, 1.165) is 18.2 Å². The average Bonchev–Trinajstić information content (AvgIpc) is 2.96. The molecule has 49 heavy (non-hydrogen) atoms. The Labute approximate surface area is 370 Å². The van der Waals surface area contributed by atoms with Crippen molar-refractivity contribution < 1.29 is 147 Å². The third-order valence-corrected chi connectivity index (χ3v) is 7.98. The molecule has 0 saturated heterocycles. The van der Waals surface area contributed by atoms with Crippen LogP contribution in [0, 0.1) is 0 Å². The van der Waals surface area contributed by atoms with Crippen LogP contribution in [0.2, 0.25) is 15.5 Å². The van der Waals surface area contributed by atoms with Crippen molar-refractivity contribution >= 4 is 89.7 Å². The van der Waals surface area contributed by atoms with Gasteiger partial charge in [0.1, 0.15) is 30.9 Å². The van der Waals surface area contributed by atoms with Crippen LogP contribution in [0.5, 0.6) is 5.75 Å². The Balaban J connectivity index is 0.00000576. The Morgan fingerprint density at radius 2 is 1.43 bits per heavy atom. The van der Waals surface area contributed by atoms with E-state index < -0.39 is 58.7 Å². The summed E-state index contributed by atoms with van der Waals surface area (Å²) < 4.78 is 69.7. The zero-order valence-electron chi connectivity index (χ0n) is 25.0. The van der Waals surface area contributed by atoms with Crippen molar-refractivity contribution in [3.05, 3.63) is 87.2 Å². The van der Waals surface area contributed by atoms with Gasteiger partial charge in [0.15, 0.2) is 11.0 Å². The van der Waals surface area contributed by atoms with Crippen LogP contribution >= 0.6 is 34.8 Å². The van der Waals surface area contributed by atoms with E-state index in [-0.39, 0.29) is 144 Å². The van der Waals surface area contributed by atoms with E-state index in [9.17, 15) is 40.9 Å². The first-order valence-electron chi connectivity index (χ1n) is 11.6. The van der Waals surface area contributed by atoms with Crippen molar-refractivity contribution in [3.8, 4) is 5.75 Å². The summed E-state index contributed by atoms with van der Waals surface area (Å²) >= 11 is 17.7. The maximum absolute atomic E-state index is 13.3. The van der Waals surface area contributed by atoms with E-state index in [1.165, 1.54) is 12.1 Å². The number of aromatic nitrogens is 2. The first-order valence-corrected chi connectivity index (χ1v) is 15.6. The summed E-state index contributed by atoms with van der Waals surface area (Å²) in [6.07, 6.45) is 0. The van der Waals surface area contributed by atoms with Gasteiger partial charge < -0.3 is 24.6 Å². The molecule has 0 saturated carbocycles. The van der Waals surface area contributed by atoms with Gasteiger partial charge in [-0.3, -0.25) is 5.43 Å². The Kier molecular flexibility index (Phi) is 20.0. The normalized spacial score (nSPS) is 11.3. The van der Waals surface area contributed by atoms with Crippen LogP contribution in [0.15, 0.2) is 85.8 Å². The van der Waals surface area contributed by atoms with Gasteiger partial charge in [-0.1, -0.05) is 59.3 Å². The molecule has 4 rings (SSSR count). The number of hydrogen-bond donors (Lipinski definition) is 3. The van der Waals surface area contributed by atoms with Gasteiger partial charge in [0.2, 0.25) is 11.1 Å². The number of hydrazone groups is 1. The number of carboxylic acid groups (broad SMARTS) is 1. The second-order valence-corrected chi connectivity index (χ2v) is 12.3. The first kappa shape index (κ1) is 48.1. The molecule has 1 aromatic heterocycles. The standard InChI is InChI=1S/C24H16Cl3N7O9S2.Cu.3Na/c25-18-20(26)29-24(27)30-22(18)28-16-9-13(45(41,42)43)10-17(19(16)35)32-34-21(11-4-2-1-3-5-11)33-31-15-7-6-12(44(38,39)40)8-14(15)23(36)37;;;;/h1-10,32,35H,(H,36,37)(H,28,29,30)(H,38,39,40)(H,41,42,43);;;;/q;+2;3*+1/p-3. The van der Waals surface area contributed by atoms with Crippen LogP contribution in [-0.4, -0.2) is 52.8 Å². The van der Waals surface area contributed by atoms with Gasteiger partial charge in [0.25, 0.3) is 0 Å². The molecule has 0 aliphatic heterocycles. The minimum Gasteiger partial charge on any atom is -0.870 e. The van der Waals surface area contributed by atoms with E-state index in [0.29, 0.717) is 12.1 Å². The summed E-state index contributed by atoms with van der Waals surface area (Å²) in [5, 5.41) is 36.0. The molecule has 4 aromatic rings. The number of carboxylic acids is 1. The fraction of sp³-hybridized carbons (Fsp3) is 0. The van der Waals surface area contributed by atoms with Gasteiger partial charge in [-0.15, -0.1) is 10.2 Å². The molecule has 3 aromatic carbocycles. The Morgan fingerprint density at radius 1 is 0.837 bits per heavy atom. The zero-order chi connectivity index (χ0) is 33.1. The van der Waals surface area contributed by atoms with E-state index in [4.69, 9.17) is 34.8 Å². The summed E-state index contributed by atoms with van der Waals surface area (Å²) in [5.41, 5.74) is 0.448. The van der Waals surface area contributed by atoms with Crippen molar-refractivity contribution in [1.82, 2.24) is 9.97 Å². The summed E-state index contributed by atoms with van der Waals surface area (Å²) in [6, 6.07) is 11.6. The number of aromatic carboxylic acids is 1. The largest absolute Gasteiger partial charge is 2.00 e. The van der Waals surface area contributed by atoms with Crippen LogP contribution < -0.4 is 105 Å². The van der Waals surface area contributed by atoms with Gasteiger partial charge in [-0.05, 0) is 41.9 Å². The maximum atomic E-state index is 13.3. The van der Waals surface area contributed by atoms with Crippen molar-refractivity contribution in [2.75, 3.05) is 10.7 Å². The Hall–Kier alpha value is -0.911. The maximum Gasteiger partial charge on any atom is 2.00 e. The van der Waals surface area contributed by atoms with E-state index >= 15 is 0 Å². The van der Waals surface area contributed by atoms with Crippen LogP contribution in [0.1, 0.15) is 15.9 Å². The van der Waals surface area contributed by atoms with Gasteiger partial charge in [-0.25, -0.2) is 26.6 Å². The van der Waals surface area contributed by atoms with Crippen LogP contribution in [0.25, 0.3) is 0 Å². The average molecular weight is 846 g/mol. The van der Waals surface area contributed by atoms with E-state index in [1.54, 1.807) is 18.2 Å². The molecule has 3 N–H and O–H groups in total. The molecule has 0 atom stereocenters. The third-order valence-electron chi connectivity index (χ3n) is 5.44. The van der Waals surface area contributed by atoms with Crippen molar-refractivity contribution in [2.45, 2.75) is 9.79 Å². The number of halogens is 3. The number of nitrogens with zero attached hydrogens (tertiary/aromatic N) is 5. The molecule has 1 radical (unpaired) electrons. The predicted octanol–water partition coefficient (Wildman–Crippen LogP) is -4.67. The van der Waals surface area contributed by atoms with Gasteiger partial charge >= 0.3 is 112 Å². The molecule has 25 heteroatoms. The molecular formula is C24H13Cl3CuN7Na3O9S2+2. The zero-order valence-corrected chi connectivity index (χ0v) is 35.8. The Bertz CT molecular complexity index is 2120. The van der Waals surface area contributed by atoms with Gasteiger partial charge in [-0.2, -0.15) is 10.1 Å². The monoisotopic (exact) mass is 844 g/mol. The predicted molar refractivity (Wildman–Crippen MR) is 157 cm³/mol. The summed E-state index contributed by atoms with van der Waals surface area (Å²) in [7, 11) is -10.1. The fourth-order valence-electron chi connectivity index (χ4n) is 3.40. The minimum absolute atomic E-state index is 0. The molecule has 0 amide bonds. The smallest absolute Gasteiger partial charge is 0.870 e. The molecule has 1 heterocycles. The van der Waals surface area contributed by atoms with Gasteiger partial charge in [0, 0.05) is 11.3 Å². The third kappa shape index (κ3) is 12.9. The number of rotatable bonds is 9. The van der Waals surface area contributed by atoms with Gasteiger partial charge in [0.05, 0.1) is 21.0 Å². The summed E-state index contributed by atoms with van der Waals surface area (Å²) in [4.78, 5) is 17.4. The number of hydrogen-bond acceptors (Lipinski definition) is 14. The Morgan fingerprint density at radius 3 is 2.00 bits per heavy atom. The first-order chi connectivity index (χ1) is 21.0. The number of nitrogens with one attached hydrogen (secondary N) is 2. The number of benzene rings is 3. The molecule has 243 valence electrons. The SMILES string of the molecule is O=C(O)c1cc(S(=O)(=O)[O-])ccc1N=NC(=NNc1cc(S(=O)(=O)[O-])cc(Nc2nc(Cl)nc(Cl)c2Cl)c1[O-])c1ccccc1.[Cu+2].[Na+].[Na+].[Na+]. The molecular weight excluding hydrogens is 833 g/mol. The van der Waals surface area contributed by atoms with Crippen molar-refractivity contribution in [3.63, 3.8) is 0 Å². The van der Waals surface area contributed by atoms with E-state index in [2.05, 4.69) is 36.0 Å². The molecule has 16 nitrogen and oxygen atoms in total. The van der Waals surface area contributed by atoms with E-state index in [1.807, 2.05) is 0 Å². The number of amidine groups is 1. The number of azo groups is 1. The molecule has 0 aliphatic carbocycles. The molecule has 0 aliphatic rings. The minimum atomic E-state index is -5.15. The second-order valence-electron chi connectivity index (χ2n) is 8.42. The number of anilines is 3. The molecule has 0 spiro atoms. The second kappa shape index (κ2) is 20.4. The quantitative estimate of drug-likeness (QED) is 0.0210. The van der Waals surface area contributed by atoms with Crippen LogP contribution in [0.4, 0.5) is 22.9 Å². The molecule has 0 bridgehead atoms. The van der Waals surface area contributed by atoms with Crippen LogP contribution in [0.3, 0.4) is 0 Å². The molecule has 0 unspecified atom stereocenters. The summed E-state index contributed by atoms with van der Waals surface area (Å²) in [5.74, 6) is -3.16. The summed E-state index contributed by atoms with van der Waals surface area (Å²) in [6.45, 7) is 0. The molecule has 0 fully saturated rings.